The first-order valence-electron chi connectivity index (χ1n) is 13.1. The first-order chi connectivity index (χ1) is 19.9. The zero-order valence-corrected chi connectivity index (χ0v) is 22.5. The van der Waals surface area contributed by atoms with Crippen LogP contribution in [0.4, 0.5) is 0 Å². The van der Waals surface area contributed by atoms with Gasteiger partial charge in [0, 0.05) is 24.1 Å². The Labute approximate surface area is 238 Å². The highest BCUT2D eigenvalue weighted by Gasteiger charge is 2.45. The number of fused-ring (bicyclic) bond motifs is 1. The smallest absolute Gasteiger partial charge is 0.229 e. The molecule has 3 aromatic rings. The van der Waals surface area contributed by atoms with Gasteiger partial charge in [-0.1, -0.05) is 0 Å². The number of phenols is 2. The van der Waals surface area contributed by atoms with E-state index in [2.05, 4.69) is 0 Å². The van der Waals surface area contributed by atoms with Crippen LogP contribution >= 0.6 is 0 Å². The molecule has 42 heavy (non-hydrogen) atoms. The van der Waals surface area contributed by atoms with Crippen molar-refractivity contribution in [3.8, 4) is 34.3 Å². The molecule has 0 spiro atoms. The van der Waals surface area contributed by atoms with Gasteiger partial charge in [-0.2, -0.15) is 0 Å². The van der Waals surface area contributed by atoms with Crippen LogP contribution in [-0.4, -0.2) is 104 Å². The molecule has 2 aromatic carbocycles. The predicted octanol–water partition coefficient (Wildman–Crippen LogP) is -0.370. The largest absolute Gasteiger partial charge is 0.507 e. The summed E-state index contributed by atoms with van der Waals surface area (Å²) < 4.78 is 28.0. The fraction of sp³-hybridized carbons (Fsp3) is 0.464. The lowest BCUT2D eigenvalue weighted by Gasteiger charge is -2.39. The summed E-state index contributed by atoms with van der Waals surface area (Å²) in [5.74, 6) is -0.878. The van der Waals surface area contributed by atoms with E-state index in [4.69, 9.17) is 23.4 Å². The summed E-state index contributed by atoms with van der Waals surface area (Å²) in [7, 11) is 1.35. The molecule has 9 atom stereocenters. The summed E-state index contributed by atoms with van der Waals surface area (Å²) in [6, 6.07) is 6.63. The summed E-state index contributed by atoms with van der Waals surface area (Å²) >= 11 is 0. The maximum Gasteiger partial charge on any atom is 0.229 e. The summed E-state index contributed by atoms with van der Waals surface area (Å²) in [4.78, 5) is 13.2. The van der Waals surface area contributed by atoms with E-state index in [0.717, 1.165) is 12.1 Å². The highest BCUT2D eigenvalue weighted by Crippen LogP contribution is 2.45. The molecule has 2 fully saturated rings. The van der Waals surface area contributed by atoms with Crippen molar-refractivity contribution in [2.24, 2.45) is 0 Å². The molecule has 0 amide bonds. The molecule has 0 unspecified atom stereocenters. The minimum Gasteiger partial charge on any atom is -0.507 e. The fourth-order valence-corrected chi connectivity index (χ4v) is 5.23. The third kappa shape index (κ3) is 5.27. The van der Waals surface area contributed by atoms with Gasteiger partial charge in [0.2, 0.25) is 6.29 Å². The molecule has 0 bridgehead atoms. The Morgan fingerprint density at radius 3 is 2.33 bits per heavy atom. The van der Waals surface area contributed by atoms with Crippen LogP contribution in [0.5, 0.6) is 23.0 Å². The fourth-order valence-electron chi connectivity index (χ4n) is 5.23. The number of hydrogen-bond donors (Lipinski definition) is 8. The minimum atomic E-state index is -1.68. The van der Waals surface area contributed by atoms with Crippen LogP contribution in [0, 0.1) is 0 Å². The van der Waals surface area contributed by atoms with Crippen LogP contribution in [0.1, 0.15) is 25.0 Å². The molecule has 1 aromatic heterocycles. The number of phenolic OH excluding ortho intramolecular Hbond substituents is 2. The SMILES string of the molecule is COc1ccc(-c2cc(=O)c3c(O)c([C@H]4C[C@@H](O)[C@@H](O)[C@@H](C)O4)c(O)cc3o2)cc1O[C@@H]1O[C@H](CO)[C@@H](O)[C@H](O)[C@H]1O. The number of rotatable bonds is 6. The van der Waals surface area contributed by atoms with Crippen molar-refractivity contribution in [3.05, 3.63) is 46.1 Å². The number of benzene rings is 2. The maximum absolute atomic E-state index is 13.2. The molecule has 0 radical (unpaired) electrons. The Morgan fingerprint density at radius 2 is 1.67 bits per heavy atom. The molecule has 2 aliphatic heterocycles. The Hall–Kier alpha value is -3.47. The molecule has 5 rings (SSSR count). The Balaban J connectivity index is 1.51. The Bertz CT molecular complexity index is 1490. The lowest BCUT2D eigenvalue weighted by Crippen LogP contribution is -2.60. The second-order valence-corrected chi connectivity index (χ2v) is 10.3. The number of ether oxygens (including phenoxy) is 4. The number of methoxy groups -OCH3 is 1. The number of aliphatic hydroxyl groups excluding tert-OH is 6. The summed E-state index contributed by atoms with van der Waals surface area (Å²) in [6.07, 6.45) is -11.9. The van der Waals surface area contributed by atoms with Crippen LogP contribution in [0.3, 0.4) is 0 Å². The van der Waals surface area contributed by atoms with Gasteiger partial charge in [-0.05, 0) is 25.1 Å². The van der Waals surface area contributed by atoms with Gasteiger partial charge in [0.05, 0.1) is 37.6 Å². The van der Waals surface area contributed by atoms with E-state index in [1.54, 1.807) is 0 Å². The average Bonchev–Trinajstić information content (AvgIpc) is 2.95. The van der Waals surface area contributed by atoms with Crippen LogP contribution < -0.4 is 14.9 Å². The van der Waals surface area contributed by atoms with Crippen molar-refractivity contribution >= 4 is 11.0 Å². The summed E-state index contributed by atoms with van der Waals surface area (Å²) in [5.41, 5.74) is -0.673. The van der Waals surface area contributed by atoms with E-state index in [1.165, 1.54) is 32.2 Å². The molecule has 228 valence electrons. The summed E-state index contributed by atoms with van der Waals surface area (Å²) in [6.45, 7) is 0.875. The van der Waals surface area contributed by atoms with E-state index >= 15 is 0 Å². The van der Waals surface area contributed by atoms with Crippen LogP contribution in [-0.2, 0) is 9.47 Å². The van der Waals surface area contributed by atoms with Crippen molar-refractivity contribution in [1.29, 1.82) is 0 Å². The molecular formula is C28H32O14. The van der Waals surface area contributed by atoms with Gasteiger partial charge < -0.3 is 64.2 Å². The van der Waals surface area contributed by atoms with Crippen molar-refractivity contribution in [1.82, 2.24) is 0 Å². The molecular weight excluding hydrogens is 560 g/mol. The molecule has 14 heteroatoms. The molecule has 0 saturated carbocycles. The lowest BCUT2D eigenvalue weighted by molar-refractivity contribution is -0.277. The third-order valence-corrected chi connectivity index (χ3v) is 7.58. The van der Waals surface area contributed by atoms with Gasteiger partial charge in [-0.15, -0.1) is 0 Å². The van der Waals surface area contributed by atoms with E-state index < -0.39 is 78.7 Å². The average molecular weight is 593 g/mol. The molecule has 0 aliphatic carbocycles. The van der Waals surface area contributed by atoms with Crippen LogP contribution in [0.2, 0.25) is 0 Å². The van der Waals surface area contributed by atoms with Gasteiger partial charge in [0.25, 0.3) is 0 Å². The third-order valence-electron chi connectivity index (χ3n) is 7.58. The zero-order chi connectivity index (χ0) is 30.5. The minimum absolute atomic E-state index is 0.00133. The first-order valence-corrected chi connectivity index (χ1v) is 13.1. The summed E-state index contributed by atoms with van der Waals surface area (Å²) in [5, 5.41) is 81.6. The van der Waals surface area contributed by atoms with Crippen LogP contribution in [0.15, 0.2) is 39.5 Å². The quantitative estimate of drug-likeness (QED) is 0.183. The Morgan fingerprint density at radius 1 is 0.929 bits per heavy atom. The van der Waals surface area contributed by atoms with Gasteiger partial charge in [0.1, 0.15) is 58.7 Å². The van der Waals surface area contributed by atoms with Crippen molar-refractivity contribution < 1.29 is 64.2 Å². The number of hydrogen-bond acceptors (Lipinski definition) is 14. The predicted molar refractivity (Wildman–Crippen MR) is 142 cm³/mol. The van der Waals surface area contributed by atoms with Crippen molar-refractivity contribution in [2.45, 2.75) is 68.5 Å². The lowest BCUT2D eigenvalue weighted by atomic mass is 9.92. The molecule has 3 heterocycles. The molecule has 2 saturated heterocycles. The Kier molecular flexibility index (Phi) is 8.33. The normalized spacial score (nSPS) is 31.7. The second-order valence-electron chi connectivity index (χ2n) is 10.3. The van der Waals surface area contributed by atoms with E-state index in [-0.39, 0.29) is 45.8 Å². The maximum atomic E-state index is 13.2. The van der Waals surface area contributed by atoms with Crippen LogP contribution in [0.25, 0.3) is 22.3 Å². The number of aliphatic hydroxyl groups is 6. The molecule has 14 nitrogen and oxygen atoms in total. The van der Waals surface area contributed by atoms with Crippen molar-refractivity contribution in [2.75, 3.05) is 13.7 Å². The second kappa shape index (κ2) is 11.7. The monoisotopic (exact) mass is 592 g/mol. The molecule has 2 aliphatic rings. The van der Waals surface area contributed by atoms with E-state index in [0.29, 0.717) is 0 Å². The standard InChI is InChI=1S/C28H32O14/c1-10-23(33)14(32)8-18(39-10)21-13(31)7-19-22(25(21)35)12(30)6-16(40-19)11-3-4-15(38-2)17(5-11)41-28-27(37)26(36)24(34)20(9-29)42-28/h3-7,10,14,18,20,23-24,26-29,31-37H,8-9H2,1-2H3/t10-,14-,18-,20-,23+,24-,26+,27-,28-/m1/s1. The highest BCUT2D eigenvalue weighted by atomic mass is 16.7. The first kappa shape index (κ1) is 30.0. The zero-order valence-electron chi connectivity index (χ0n) is 22.5. The highest BCUT2D eigenvalue weighted by molar-refractivity contribution is 5.88. The van der Waals surface area contributed by atoms with E-state index in [9.17, 15) is 45.6 Å². The van der Waals surface area contributed by atoms with Gasteiger partial charge >= 0.3 is 0 Å². The van der Waals surface area contributed by atoms with E-state index in [1.807, 2.05) is 0 Å². The topological polar surface area (TPSA) is 229 Å². The van der Waals surface area contributed by atoms with Gasteiger partial charge in [-0.25, -0.2) is 0 Å². The van der Waals surface area contributed by atoms with Gasteiger partial charge in [-0.3, -0.25) is 4.79 Å². The van der Waals surface area contributed by atoms with Crippen molar-refractivity contribution in [3.63, 3.8) is 0 Å². The van der Waals surface area contributed by atoms with Gasteiger partial charge in [0.15, 0.2) is 16.9 Å². The number of aromatic hydroxyl groups is 2. The molecule has 8 N–H and O–H groups in total.